The van der Waals surface area contributed by atoms with Gasteiger partial charge in [0, 0.05) is 36.5 Å². The first kappa shape index (κ1) is 24.1. The highest BCUT2D eigenvalue weighted by Gasteiger charge is 2.42. The van der Waals surface area contributed by atoms with E-state index in [1.807, 2.05) is 67.6 Å². The molecule has 2 aromatic carbocycles. The molecule has 2 atom stereocenters. The molecule has 1 aliphatic heterocycles. The molecular formula is C27H30N4O4. The van der Waals surface area contributed by atoms with Crippen molar-refractivity contribution in [2.45, 2.75) is 19.4 Å². The first-order chi connectivity index (χ1) is 17.0. The van der Waals surface area contributed by atoms with Crippen LogP contribution in [0.5, 0.6) is 11.5 Å². The maximum atomic E-state index is 13.4. The SMILES string of the molecule is COc1cccc([C@@H]2CN(C(=O)Nc3ccc(C)cc3)C[C@H]2C(=O)NCc2ccccn2)c1OC. The molecule has 35 heavy (non-hydrogen) atoms. The van der Waals surface area contributed by atoms with E-state index < -0.39 is 5.92 Å². The van der Waals surface area contributed by atoms with Gasteiger partial charge in [-0.05, 0) is 37.3 Å². The van der Waals surface area contributed by atoms with E-state index in [9.17, 15) is 9.59 Å². The summed E-state index contributed by atoms with van der Waals surface area (Å²) in [5.74, 6) is 0.274. The third-order valence-corrected chi connectivity index (χ3v) is 6.25. The van der Waals surface area contributed by atoms with E-state index >= 15 is 0 Å². The average molecular weight is 475 g/mol. The molecule has 1 aromatic heterocycles. The predicted octanol–water partition coefficient (Wildman–Crippen LogP) is 3.97. The first-order valence-electron chi connectivity index (χ1n) is 11.5. The Morgan fingerprint density at radius 1 is 1.00 bits per heavy atom. The molecule has 4 rings (SSSR count). The summed E-state index contributed by atoms with van der Waals surface area (Å²) in [5.41, 5.74) is 3.41. The standard InChI is InChI=1S/C27H30N4O4/c1-18-10-12-19(13-11-18)30-27(33)31-16-22(21-8-6-9-24(34-2)25(21)35-3)23(17-31)26(32)29-15-20-7-4-5-14-28-20/h4-14,22-23H,15-17H2,1-3H3,(H,29,32)(H,30,33)/t22-,23+/m0/s1. The number of nitrogens with one attached hydrogen (secondary N) is 2. The molecule has 3 amide bonds. The van der Waals surface area contributed by atoms with Crippen LogP contribution in [-0.2, 0) is 11.3 Å². The van der Waals surface area contributed by atoms with E-state index in [1.165, 1.54) is 0 Å². The second kappa shape index (κ2) is 10.9. The number of anilines is 1. The van der Waals surface area contributed by atoms with E-state index in [4.69, 9.17) is 9.47 Å². The Morgan fingerprint density at radius 2 is 1.80 bits per heavy atom. The molecule has 0 spiro atoms. The number of aromatic nitrogens is 1. The second-order valence-corrected chi connectivity index (χ2v) is 8.54. The van der Waals surface area contributed by atoms with Crippen molar-refractivity contribution in [3.63, 3.8) is 0 Å². The van der Waals surface area contributed by atoms with Gasteiger partial charge in [-0.1, -0.05) is 35.9 Å². The molecule has 8 heteroatoms. The summed E-state index contributed by atoms with van der Waals surface area (Å²) >= 11 is 0. The number of methoxy groups -OCH3 is 2. The Bertz CT molecular complexity index is 1170. The number of amides is 3. The van der Waals surface area contributed by atoms with Crippen LogP contribution < -0.4 is 20.1 Å². The summed E-state index contributed by atoms with van der Waals surface area (Å²) in [7, 11) is 3.16. The third-order valence-electron chi connectivity index (χ3n) is 6.25. The molecule has 2 N–H and O–H groups in total. The fraction of sp³-hybridized carbons (Fsp3) is 0.296. The minimum Gasteiger partial charge on any atom is -0.493 e. The van der Waals surface area contributed by atoms with Gasteiger partial charge in [-0.15, -0.1) is 0 Å². The molecule has 0 saturated carbocycles. The van der Waals surface area contributed by atoms with Gasteiger partial charge in [0.2, 0.25) is 5.91 Å². The lowest BCUT2D eigenvalue weighted by Crippen LogP contribution is -2.36. The minimum atomic E-state index is -0.469. The van der Waals surface area contributed by atoms with Crippen molar-refractivity contribution < 1.29 is 19.1 Å². The highest BCUT2D eigenvalue weighted by molar-refractivity contribution is 5.91. The highest BCUT2D eigenvalue weighted by atomic mass is 16.5. The largest absolute Gasteiger partial charge is 0.493 e. The quantitative estimate of drug-likeness (QED) is 0.541. The molecule has 182 valence electrons. The van der Waals surface area contributed by atoms with Crippen molar-refractivity contribution in [3.8, 4) is 11.5 Å². The van der Waals surface area contributed by atoms with Crippen molar-refractivity contribution >= 4 is 17.6 Å². The topological polar surface area (TPSA) is 92.8 Å². The fourth-order valence-electron chi connectivity index (χ4n) is 4.41. The highest BCUT2D eigenvalue weighted by Crippen LogP contribution is 2.42. The smallest absolute Gasteiger partial charge is 0.321 e. The van der Waals surface area contributed by atoms with E-state index in [2.05, 4.69) is 15.6 Å². The minimum absolute atomic E-state index is 0.142. The Hall–Kier alpha value is -4.07. The molecule has 1 fully saturated rings. The maximum absolute atomic E-state index is 13.4. The van der Waals surface area contributed by atoms with Gasteiger partial charge < -0.3 is 25.0 Å². The molecule has 1 aliphatic rings. The van der Waals surface area contributed by atoms with Gasteiger partial charge in [-0.25, -0.2) is 4.79 Å². The van der Waals surface area contributed by atoms with Gasteiger partial charge in [0.25, 0.3) is 0 Å². The second-order valence-electron chi connectivity index (χ2n) is 8.54. The summed E-state index contributed by atoms with van der Waals surface area (Å²) < 4.78 is 11.1. The van der Waals surface area contributed by atoms with Crippen molar-refractivity contribution in [1.82, 2.24) is 15.2 Å². The molecule has 1 saturated heterocycles. The first-order valence-corrected chi connectivity index (χ1v) is 11.5. The Balaban J connectivity index is 1.57. The Labute approximate surface area is 205 Å². The molecular weight excluding hydrogens is 444 g/mol. The van der Waals surface area contributed by atoms with Gasteiger partial charge in [0.15, 0.2) is 11.5 Å². The Morgan fingerprint density at radius 3 is 2.49 bits per heavy atom. The monoisotopic (exact) mass is 474 g/mol. The number of benzene rings is 2. The summed E-state index contributed by atoms with van der Waals surface area (Å²) in [6, 6.07) is 18.5. The number of aryl methyl sites for hydroxylation is 1. The van der Waals surface area contributed by atoms with Crippen molar-refractivity contribution in [2.24, 2.45) is 5.92 Å². The summed E-state index contributed by atoms with van der Waals surface area (Å²) in [5, 5.41) is 5.93. The molecule has 0 radical (unpaired) electrons. The number of carbonyl (C=O) groups excluding carboxylic acids is 2. The van der Waals surface area contributed by atoms with Crippen molar-refractivity contribution in [3.05, 3.63) is 83.7 Å². The van der Waals surface area contributed by atoms with E-state index in [0.29, 0.717) is 30.3 Å². The van der Waals surface area contributed by atoms with Crippen LogP contribution in [0.4, 0.5) is 10.5 Å². The van der Waals surface area contributed by atoms with E-state index in [1.54, 1.807) is 25.3 Å². The third kappa shape index (κ3) is 5.54. The van der Waals surface area contributed by atoms with Gasteiger partial charge in [0.1, 0.15) is 0 Å². The molecule has 3 aromatic rings. The molecule has 2 heterocycles. The number of nitrogens with zero attached hydrogens (tertiary/aromatic N) is 2. The van der Waals surface area contributed by atoms with Crippen LogP contribution in [0.3, 0.4) is 0 Å². The number of urea groups is 1. The maximum Gasteiger partial charge on any atom is 0.321 e. The van der Waals surface area contributed by atoms with Crippen LogP contribution in [0.25, 0.3) is 0 Å². The zero-order valence-electron chi connectivity index (χ0n) is 20.2. The predicted molar refractivity (Wildman–Crippen MR) is 134 cm³/mol. The van der Waals surface area contributed by atoms with Crippen molar-refractivity contribution in [2.75, 3.05) is 32.6 Å². The number of hydrogen-bond acceptors (Lipinski definition) is 5. The number of carbonyl (C=O) groups is 2. The van der Waals surface area contributed by atoms with Crippen LogP contribution in [0, 0.1) is 12.8 Å². The lowest BCUT2D eigenvalue weighted by atomic mass is 9.87. The fourth-order valence-corrected chi connectivity index (χ4v) is 4.41. The van der Waals surface area contributed by atoms with Crippen LogP contribution >= 0.6 is 0 Å². The number of pyridine rings is 1. The molecule has 0 unspecified atom stereocenters. The number of likely N-dealkylation sites (tertiary alicyclic amines) is 1. The summed E-state index contributed by atoms with van der Waals surface area (Å²) in [6.07, 6.45) is 1.69. The number of ether oxygens (including phenoxy) is 2. The Kier molecular flexibility index (Phi) is 7.50. The number of para-hydroxylation sites is 1. The lowest BCUT2D eigenvalue weighted by molar-refractivity contribution is -0.125. The molecule has 0 aliphatic carbocycles. The zero-order valence-corrected chi connectivity index (χ0v) is 20.2. The zero-order chi connectivity index (χ0) is 24.8. The van der Waals surface area contributed by atoms with E-state index in [-0.39, 0.29) is 24.4 Å². The lowest BCUT2D eigenvalue weighted by Gasteiger charge is -2.21. The number of hydrogen-bond donors (Lipinski definition) is 2. The molecule has 8 nitrogen and oxygen atoms in total. The van der Waals surface area contributed by atoms with Gasteiger partial charge in [-0.3, -0.25) is 9.78 Å². The number of rotatable bonds is 7. The van der Waals surface area contributed by atoms with Crippen LogP contribution in [0.1, 0.15) is 22.7 Å². The van der Waals surface area contributed by atoms with Gasteiger partial charge >= 0.3 is 6.03 Å². The van der Waals surface area contributed by atoms with Gasteiger partial charge in [-0.2, -0.15) is 0 Å². The summed E-state index contributed by atoms with van der Waals surface area (Å²) in [4.78, 5) is 32.4. The van der Waals surface area contributed by atoms with Crippen molar-refractivity contribution in [1.29, 1.82) is 0 Å². The van der Waals surface area contributed by atoms with Crippen LogP contribution in [0.2, 0.25) is 0 Å². The average Bonchev–Trinajstić information content (AvgIpc) is 3.34. The summed E-state index contributed by atoms with van der Waals surface area (Å²) in [6.45, 7) is 2.94. The van der Waals surface area contributed by atoms with Crippen LogP contribution in [0.15, 0.2) is 66.9 Å². The normalized spacial score (nSPS) is 17.1. The van der Waals surface area contributed by atoms with E-state index in [0.717, 1.165) is 16.8 Å². The van der Waals surface area contributed by atoms with Gasteiger partial charge in [0.05, 0.1) is 32.4 Å². The molecule has 0 bridgehead atoms. The van der Waals surface area contributed by atoms with Crippen LogP contribution in [-0.4, -0.2) is 49.1 Å².